The van der Waals surface area contributed by atoms with Crippen LogP contribution in [0.2, 0.25) is 10.2 Å². The summed E-state index contributed by atoms with van der Waals surface area (Å²) in [6.45, 7) is 1.44. The van der Waals surface area contributed by atoms with Crippen LogP contribution in [0.25, 0.3) is 0 Å². The van der Waals surface area contributed by atoms with Crippen molar-refractivity contribution in [2.24, 2.45) is 0 Å². The highest BCUT2D eigenvalue weighted by Crippen LogP contribution is 2.25. The quantitative estimate of drug-likeness (QED) is 0.491. The number of carbonyl (C=O) groups is 1. The molecule has 0 saturated heterocycles. The highest BCUT2D eigenvalue weighted by Gasteiger charge is 2.20. The number of rotatable bonds is 7. The molecule has 3 rings (SSSR count). The standard InChI is InChI=1S/C20H16Cl2F3N3O/c1-11(29)19-14(7-8-26-17-4-2-3-15(21)18(17)25)20(22)28(27-19)10-12-9-13(23)5-6-16(12)24/h2-6,9,26H,7-8,10H2,1H3. The Kier molecular flexibility index (Phi) is 6.49. The lowest BCUT2D eigenvalue weighted by atomic mass is 10.1. The van der Waals surface area contributed by atoms with Crippen LogP contribution in [0.3, 0.4) is 0 Å². The van der Waals surface area contributed by atoms with Gasteiger partial charge < -0.3 is 5.32 Å². The van der Waals surface area contributed by atoms with Crippen molar-refractivity contribution in [1.82, 2.24) is 9.78 Å². The molecule has 1 aromatic heterocycles. The first-order chi connectivity index (χ1) is 13.8. The van der Waals surface area contributed by atoms with E-state index in [9.17, 15) is 18.0 Å². The fraction of sp³-hybridized carbons (Fsp3) is 0.200. The molecule has 152 valence electrons. The molecule has 9 heteroatoms. The Morgan fingerprint density at radius 3 is 2.66 bits per heavy atom. The highest BCUT2D eigenvalue weighted by atomic mass is 35.5. The van der Waals surface area contributed by atoms with Gasteiger partial charge in [0, 0.05) is 24.6 Å². The summed E-state index contributed by atoms with van der Waals surface area (Å²) in [6, 6.07) is 7.64. The molecular weight excluding hydrogens is 426 g/mol. The van der Waals surface area contributed by atoms with Crippen molar-refractivity contribution < 1.29 is 18.0 Å². The van der Waals surface area contributed by atoms with E-state index in [-0.39, 0.29) is 52.4 Å². The molecule has 0 unspecified atom stereocenters. The van der Waals surface area contributed by atoms with Crippen LogP contribution in [0.5, 0.6) is 0 Å². The second kappa shape index (κ2) is 8.88. The van der Waals surface area contributed by atoms with Crippen molar-refractivity contribution in [3.8, 4) is 0 Å². The monoisotopic (exact) mass is 441 g/mol. The van der Waals surface area contributed by atoms with Crippen molar-refractivity contribution in [2.75, 3.05) is 11.9 Å². The summed E-state index contributed by atoms with van der Waals surface area (Å²) in [5, 5.41) is 7.17. The van der Waals surface area contributed by atoms with Gasteiger partial charge in [-0.15, -0.1) is 0 Å². The molecule has 4 nitrogen and oxygen atoms in total. The second-order valence-electron chi connectivity index (χ2n) is 6.35. The van der Waals surface area contributed by atoms with Crippen LogP contribution in [0.15, 0.2) is 36.4 Å². The molecule has 0 atom stereocenters. The number of anilines is 1. The molecule has 29 heavy (non-hydrogen) atoms. The number of nitrogens with one attached hydrogen (secondary N) is 1. The third-order valence-electron chi connectivity index (χ3n) is 4.29. The minimum Gasteiger partial charge on any atom is -0.382 e. The van der Waals surface area contributed by atoms with Crippen LogP contribution < -0.4 is 5.32 Å². The predicted octanol–water partition coefficient (Wildman–Crippen LogP) is 5.51. The molecule has 1 heterocycles. The number of halogens is 5. The summed E-state index contributed by atoms with van der Waals surface area (Å²) in [5.74, 6) is -2.11. The van der Waals surface area contributed by atoms with Crippen molar-refractivity contribution in [3.05, 3.63) is 80.8 Å². The summed E-state index contributed by atoms with van der Waals surface area (Å²) in [6.07, 6.45) is 0.255. The molecule has 0 aliphatic heterocycles. The summed E-state index contributed by atoms with van der Waals surface area (Å²) < 4.78 is 42.6. The molecule has 2 aromatic carbocycles. The Morgan fingerprint density at radius 1 is 1.17 bits per heavy atom. The van der Waals surface area contributed by atoms with E-state index in [0.717, 1.165) is 18.2 Å². The predicted molar refractivity (Wildman–Crippen MR) is 106 cm³/mol. The average Bonchev–Trinajstić information content (AvgIpc) is 2.98. The Labute approximate surface area is 175 Å². The van der Waals surface area contributed by atoms with E-state index < -0.39 is 17.5 Å². The third kappa shape index (κ3) is 4.74. The lowest BCUT2D eigenvalue weighted by Crippen LogP contribution is -2.09. The molecule has 0 aliphatic rings. The lowest BCUT2D eigenvalue weighted by Gasteiger charge is -2.09. The van der Waals surface area contributed by atoms with E-state index in [1.807, 2.05) is 0 Å². The number of hydrogen-bond acceptors (Lipinski definition) is 3. The fourth-order valence-corrected chi connectivity index (χ4v) is 3.33. The van der Waals surface area contributed by atoms with E-state index in [4.69, 9.17) is 23.2 Å². The lowest BCUT2D eigenvalue weighted by molar-refractivity contribution is 0.101. The topological polar surface area (TPSA) is 46.9 Å². The summed E-state index contributed by atoms with van der Waals surface area (Å²) in [4.78, 5) is 12.0. The van der Waals surface area contributed by atoms with E-state index in [1.165, 1.54) is 23.7 Å². The van der Waals surface area contributed by atoms with Gasteiger partial charge in [0.2, 0.25) is 0 Å². The maximum atomic E-state index is 14.0. The van der Waals surface area contributed by atoms with Gasteiger partial charge in [0.1, 0.15) is 22.5 Å². The molecule has 0 fully saturated rings. The Hall–Kier alpha value is -2.51. The van der Waals surface area contributed by atoms with Gasteiger partial charge in [-0.3, -0.25) is 4.79 Å². The van der Waals surface area contributed by atoms with E-state index in [2.05, 4.69) is 10.4 Å². The first-order valence-electron chi connectivity index (χ1n) is 8.66. The van der Waals surface area contributed by atoms with Crippen LogP contribution in [0.4, 0.5) is 18.9 Å². The summed E-state index contributed by atoms with van der Waals surface area (Å²) >= 11 is 12.1. The van der Waals surface area contributed by atoms with Gasteiger partial charge in [0.25, 0.3) is 0 Å². The van der Waals surface area contributed by atoms with Crippen molar-refractivity contribution in [3.63, 3.8) is 0 Å². The molecule has 0 radical (unpaired) electrons. The van der Waals surface area contributed by atoms with Gasteiger partial charge in [-0.25, -0.2) is 17.9 Å². The number of aromatic nitrogens is 2. The minimum atomic E-state index is -0.609. The molecule has 0 bridgehead atoms. The number of ketones is 1. The van der Waals surface area contributed by atoms with Crippen LogP contribution in [0.1, 0.15) is 28.5 Å². The van der Waals surface area contributed by atoms with E-state index >= 15 is 0 Å². The van der Waals surface area contributed by atoms with Crippen molar-refractivity contribution in [2.45, 2.75) is 19.9 Å². The molecule has 0 spiro atoms. The molecule has 1 N–H and O–H groups in total. The number of hydrogen-bond donors (Lipinski definition) is 1. The Morgan fingerprint density at radius 2 is 1.93 bits per heavy atom. The average molecular weight is 442 g/mol. The van der Waals surface area contributed by atoms with Gasteiger partial charge in [-0.1, -0.05) is 29.3 Å². The smallest absolute Gasteiger partial charge is 0.180 e. The van der Waals surface area contributed by atoms with Gasteiger partial charge in [-0.2, -0.15) is 5.10 Å². The minimum absolute atomic E-state index is 0.0117. The zero-order chi connectivity index (χ0) is 21.1. The zero-order valence-corrected chi connectivity index (χ0v) is 16.8. The largest absolute Gasteiger partial charge is 0.382 e. The van der Waals surface area contributed by atoms with Crippen LogP contribution >= 0.6 is 23.2 Å². The van der Waals surface area contributed by atoms with Crippen molar-refractivity contribution >= 4 is 34.7 Å². The van der Waals surface area contributed by atoms with Gasteiger partial charge >= 0.3 is 0 Å². The van der Waals surface area contributed by atoms with Crippen LogP contribution in [0, 0.1) is 17.5 Å². The Bertz CT molecular complexity index is 1070. The SMILES string of the molecule is CC(=O)c1nn(Cc2cc(F)ccc2F)c(Cl)c1CCNc1cccc(Cl)c1F. The zero-order valence-electron chi connectivity index (χ0n) is 15.3. The molecule has 0 saturated carbocycles. The first kappa shape index (κ1) is 21.2. The molecule has 3 aromatic rings. The second-order valence-corrected chi connectivity index (χ2v) is 7.11. The summed E-state index contributed by atoms with van der Waals surface area (Å²) in [7, 11) is 0. The summed E-state index contributed by atoms with van der Waals surface area (Å²) in [5.41, 5.74) is 0.827. The molecular formula is C20H16Cl2F3N3O. The maximum absolute atomic E-state index is 14.0. The number of Topliss-reactive ketones (excluding diaryl/α,β-unsaturated/α-hetero) is 1. The van der Waals surface area contributed by atoms with E-state index in [1.54, 1.807) is 6.07 Å². The Balaban J connectivity index is 1.82. The van der Waals surface area contributed by atoms with Gasteiger partial charge in [-0.05, 0) is 36.8 Å². The maximum Gasteiger partial charge on any atom is 0.180 e. The number of carbonyl (C=O) groups excluding carboxylic acids is 1. The van der Waals surface area contributed by atoms with Gasteiger partial charge in [0.05, 0.1) is 17.3 Å². The number of nitrogens with zero attached hydrogens (tertiary/aromatic N) is 2. The van der Waals surface area contributed by atoms with Crippen molar-refractivity contribution in [1.29, 1.82) is 0 Å². The first-order valence-corrected chi connectivity index (χ1v) is 9.41. The van der Waals surface area contributed by atoms with E-state index in [0.29, 0.717) is 5.56 Å². The highest BCUT2D eigenvalue weighted by molar-refractivity contribution is 6.31. The van der Waals surface area contributed by atoms with Crippen LogP contribution in [-0.2, 0) is 13.0 Å². The van der Waals surface area contributed by atoms with Crippen LogP contribution in [-0.4, -0.2) is 22.1 Å². The molecule has 0 amide bonds. The fourth-order valence-electron chi connectivity index (χ4n) is 2.88. The number of benzene rings is 2. The van der Waals surface area contributed by atoms with Gasteiger partial charge in [0.15, 0.2) is 11.6 Å². The molecule has 0 aliphatic carbocycles. The normalized spacial score (nSPS) is 11.0. The third-order valence-corrected chi connectivity index (χ3v) is 5.00.